The third kappa shape index (κ3) is 4.13. The van der Waals surface area contributed by atoms with Crippen molar-refractivity contribution in [3.05, 3.63) is 52.3 Å². The lowest BCUT2D eigenvalue weighted by atomic mass is 10.1. The molecule has 5 heteroatoms. The van der Waals surface area contributed by atoms with E-state index in [9.17, 15) is 4.79 Å². The summed E-state index contributed by atoms with van der Waals surface area (Å²) in [6.07, 6.45) is 4.90. The van der Waals surface area contributed by atoms with E-state index in [1.54, 1.807) is 7.11 Å². The van der Waals surface area contributed by atoms with Gasteiger partial charge in [0.15, 0.2) is 0 Å². The lowest BCUT2D eigenvalue weighted by Crippen LogP contribution is -2.22. The zero-order valence-corrected chi connectivity index (χ0v) is 12.9. The largest absolute Gasteiger partial charge is 0.496 e. The maximum atomic E-state index is 11.8. The number of benzene rings is 1. The van der Waals surface area contributed by atoms with Crippen LogP contribution >= 0.6 is 15.9 Å². The first-order valence-corrected chi connectivity index (χ1v) is 7.19. The Morgan fingerprint density at radius 3 is 2.85 bits per heavy atom. The highest BCUT2D eigenvalue weighted by atomic mass is 79.9. The molecule has 0 unspecified atom stereocenters. The number of aromatic amines is 1. The predicted molar refractivity (Wildman–Crippen MR) is 81.7 cm³/mol. The van der Waals surface area contributed by atoms with Gasteiger partial charge in [0.05, 0.1) is 11.6 Å². The number of carbonyl (C=O) groups is 1. The summed E-state index contributed by atoms with van der Waals surface area (Å²) in [5, 5.41) is 2.90. The molecule has 0 aliphatic carbocycles. The number of halogens is 1. The summed E-state index contributed by atoms with van der Waals surface area (Å²) in [6.45, 7) is 0.564. The van der Waals surface area contributed by atoms with E-state index in [1.165, 1.54) is 0 Å². The van der Waals surface area contributed by atoms with Crippen LogP contribution in [-0.4, -0.2) is 18.0 Å². The van der Waals surface area contributed by atoms with Gasteiger partial charge in [-0.2, -0.15) is 0 Å². The summed E-state index contributed by atoms with van der Waals surface area (Å²) in [6, 6.07) is 7.80. The molecule has 20 heavy (non-hydrogen) atoms. The van der Waals surface area contributed by atoms with Gasteiger partial charge < -0.3 is 15.0 Å². The highest BCUT2D eigenvalue weighted by Gasteiger charge is 2.05. The van der Waals surface area contributed by atoms with E-state index in [-0.39, 0.29) is 5.91 Å². The van der Waals surface area contributed by atoms with Crippen LogP contribution in [0.25, 0.3) is 0 Å². The Kier molecular flexibility index (Phi) is 5.24. The van der Waals surface area contributed by atoms with E-state index in [2.05, 4.69) is 26.2 Å². The smallest absolute Gasteiger partial charge is 0.220 e. The number of nitrogens with one attached hydrogen (secondary N) is 2. The van der Waals surface area contributed by atoms with Crippen LogP contribution in [0.1, 0.15) is 17.5 Å². The molecule has 0 saturated carbocycles. The highest BCUT2D eigenvalue weighted by molar-refractivity contribution is 9.10. The number of hydrogen-bond acceptors (Lipinski definition) is 2. The van der Waals surface area contributed by atoms with Crippen LogP contribution in [0.15, 0.2) is 41.1 Å². The Morgan fingerprint density at radius 2 is 2.20 bits per heavy atom. The van der Waals surface area contributed by atoms with Crippen LogP contribution in [-0.2, 0) is 17.8 Å². The second-order valence-corrected chi connectivity index (χ2v) is 5.32. The normalized spacial score (nSPS) is 10.3. The van der Waals surface area contributed by atoms with Gasteiger partial charge in [0.1, 0.15) is 5.75 Å². The van der Waals surface area contributed by atoms with Crippen molar-refractivity contribution < 1.29 is 9.53 Å². The van der Waals surface area contributed by atoms with Crippen molar-refractivity contribution in [3.63, 3.8) is 0 Å². The second kappa shape index (κ2) is 7.14. The third-order valence-electron chi connectivity index (χ3n) is 3.01. The quantitative estimate of drug-likeness (QED) is 0.851. The summed E-state index contributed by atoms with van der Waals surface area (Å²) in [5.74, 6) is 0.851. The van der Waals surface area contributed by atoms with E-state index in [1.807, 2.05) is 36.7 Å². The SMILES string of the molecule is COc1ccc(CCC(=O)NCc2cc[nH]c2)cc1Br. The van der Waals surface area contributed by atoms with Crippen molar-refractivity contribution in [3.8, 4) is 5.75 Å². The Balaban J connectivity index is 1.79. The Morgan fingerprint density at radius 1 is 1.35 bits per heavy atom. The topological polar surface area (TPSA) is 54.1 Å². The minimum absolute atomic E-state index is 0.0538. The van der Waals surface area contributed by atoms with Gasteiger partial charge in [0.25, 0.3) is 0 Å². The van der Waals surface area contributed by atoms with E-state index in [0.29, 0.717) is 19.4 Å². The van der Waals surface area contributed by atoms with Crippen LogP contribution in [0, 0.1) is 0 Å². The summed E-state index contributed by atoms with van der Waals surface area (Å²) in [4.78, 5) is 14.7. The summed E-state index contributed by atoms with van der Waals surface area (Å²) < 4.78 is 6.08. The van der Waals surface area contributed by atoms with Crippen molar-refractivity contribution in [1.82, 2.24) is 10.3 Å². The second-order valence-electron chi connectivity index (χ2n) is 4.46. The Bertz CT molecular complexity index is 567. The number of ether oxygens (including phenoxy) is 1. The molecule has 2 aromatic rings. The maximum absolute atomic E-state index is 11.8. The molecule has 0 fully saturated rings. The van der Waals surface area contributed by atoms with E-state index in [0.717, 1.165) is 21.3 Å². The molecule has 1 aromatic heterocycles. The number of aryl methyl sites for hydroxylation is 1. The predicted octanol–water partition coefficient (Wildman–Crippen LogP) is 3.03. The third-order valence-corrected chi connectivity index (χ3v) is 3.63. The average molecular weight is 337 g/mol. The average Bonchev–Trinajstić information content (AvgIpc) is 2.96. The fraction of sp³-hybridized carbons (Fsp3) is 0.267. The van der Waals surface area contributed by atoms with Gasteiger partial charge in [-0.15, -0.1) is 0 Å². The first-order valence-electron chi connectivity index (χ1n) is 6.40. The molecule has 1 aromatic carbocycles. The molecule has 0 saturated heterocycles. The number of methoxy groups -OCH3 is 1. The zero-order valence-electron chi connectivity index (χ0n) is 11.3. The molecular weight excluding hydrogens is 320 g/mol. The molecule has 4 nitrogen and oxygen atoms in total. The number of H-pyrrole nitrogens is 1. The molecule has 0 spiro atoms. The van der Waals surface area contributed by atoms with Crippen molar-refractivity contribution in [2.75, 3.05) is 7.11 Å². The van der Waals surface area contributed by atoms with Crippen molar-refractivity contribution in [2.24, 2.45) is 0 Å². The van der Waals surface area contributed by atoms with Crippen LogP contribution in [0.2, 0.25) is 0 Å². The number of carbonyl (C=O) groups excluding carboxylic acids is 1. The zero-order chi connectivity index (χ0) is 14.4. The van der Waals surface area contributed by atoms with Gasteiger partial charge in [-0.1, -0.05) is 6.07 Å². The van der Waals surface area contributed by atoms with Crippen molar-refractivity contribution in [1.29, 1.82) is 0 Å². The van der Waals surface area contributed by atoms with E-state index in [4.69, 9.17) is 4.74 Å². The molecule has 0 aliphatic rings. The van der Waals surface area contributed by atoms with Gasteiger partial charge in [-0.3, -0.25) is 4.79 Å². The summed E-state index contributed by atoms with van der Waals surface area (Å²) in [7, 11) is 1.63. The number of rotatable bonds is 6. The van der Waals surface area contributed by atoms with Gasteiger partial charge in [0, 0.05) is 25.4 Å². The van der Waals surface area contributed by atoms with Crippen LogP contribution < -0.4 is 10.1 Å². The lowest BCUT2D eigenvalue weighted by Gasteiger charge is -2.07. The summed E-state index contributed by atoms with van der Waals surface area (Å²) >= 11 is 3.44. The van der Waals surface area contributed by atoms with Crippen LogP contribution in [0.5, 0.6) is 5.75 Å². The van der Waals surface area contributed by atoms with Crippen LogP contribution in [0.3, 0.4) is 0 Å². The Labute approximate surface area is 126 Å². The molecule has 106 valence electrons. The van der Waals surface area contributed by atoms with Gasteiger partial charge in [0.2, 0.25) is 5.91 Å². The molecule has 1 heterocycles. The van der Waals surface area contributed by atoms with E-state index >= 15 is 0 Å². The maximum Gasteiger partial charge on any atom is 0.220 e. The van der Waals surface area contributed by atoms with Gasteiger partial charge in [-0.25, -0.2) is 0 Å². The monoisotopic (exact) mass is 336 g/mol. The van der Waals surface area contributed by atoms with E-state index < -0.39 is 0 Å². The fourth-order valence-corrected chi connectivity index (χ4v) is 2.47. The van der Waals surface area contributed by atoms with Gasteiger partial charge in [-0.05, 0) is 51.7 Å². The first-order chi connectivity index (χ1) is 9.69. The minimum atomic E-state index is 0.0538. The highest BCUT2D eigenvalue weighted by Crippen LogP contribution is 2.25. The minimum Gasteiger partial charge on any atom is -0.496 e. The number of aromatic nitrogens is 1. The molecule has 2 rings (SSSR count). The molecular formula is C15H17BrN2O2. The lowest BCUT2D eigenvalue weighted by molar-refractivity contribution is -0.121. The van der Waals surface area contributed by atoms with Gasteiger partial charge >= 0.3 is 0 Å². The Hall–Kier alpha value is -1.75. The molecule has 1 amide bonds. The van der Waals surface area contributed by atoms with Crippen molar-refractivity contribution >= 4 is 21.8 Å². The molecule has 0 atom stereocenters. The molecule has 0 bridgehead atoms. The fourth-order valence-electron chi connectivity index (χ4n) is 1.88. The van der Waals surface area contributed by atoms with Crippen molar-refractivity contribution in [2.45, 2.75) is 19.4 Å². The molecule has 2 N–H and O–H groups in total. The number of hydrogen-bond donors (Lipinski definition) is 2. The first kappa shape index (κ1) is 14.7. The molecule has 0 aliphatic heterocycles. The number of amides is 1. The summed E-state index contributed by atoms with van der Waals surface area (Å²) in [5.41, 5.74) is 2.18. The molecule has 0 radical (unpaired) electrons. The standard InChI is InChI=1S/C15H17BrN2O2/c1-20-14-4-2-11(8-13(14)16)3-5-15(19)18-10-12-6-7-17-9-12/h2,4,6-9,17H,3,5,10H2,1H3,(H,18,19). The van der Waals surface area contributed by atoms with Crippen LogP contribution in [0.4, 0.5) is 0 Å².